The van der Waals surface area contributed by atoms with Gasteiger partial charge in [-0.15, -0.1) is 0 Å². The molecule has 0 saturated carbocycles. The number of nitrogens with zero attached hydrogens (tertiary/aromatic N) is 1. The summed E-state index contributed by atoms with van der Waals surface area (Å²) < 4.78 is 32.4. The van der Waals surface area contributed by atoms with Crippen LogP contribution in [-0.4, -0.2) is 32.9 Å². The van der Waals surface area contributed by atoms with Crippen LogP contribution in [0.4, 0.5) is 0 Å². The van der Waals surface area contributed by atoms with E-state index < -0.39 is 10.0 Å². The predicted molar refractivity (Wildman–Crippen MR) is 80.2 cm³/mol. The number of nitrogens with one attached hydrogen (secondary N) is 1. The van der Waals surface area contributed by atoms with Crippen LogP contribution in [0.3, 0.4) is 0 Å². The van der Waals surface area contributed by atoms with Crippen molar-refractivity contribution >= 4 is 10.0 Å². The predicted octanol–water partition coefficient (Wildman–Crippen LogP) is 2.28. The molecule has 6 heteroatoms. The molecule has 1 aromatic rings. The minimum absolute atomic E-state index is 0.278. The second-order valence-electron chi connectivity index (χ2n) is 5.48. The van der Waals surface area contributed by atoms with Gasteiger partial charge in [0.15, 0.2) is 0 Å². The summed E-state index contributed by atoms with van der Waals surface area (Å²) in [4.78, 5) is 0.319. The highest BCUT2D eigenvalue weighted by Gasteiger charge is 2.30. The van der Waals surface area contributed by atoms with Gasteiger partial charge in [-0.2, -0.15) is 0 Å². The van der Waals surface area contributed by atoms with Crippen molar-refractivity contribution in [2.24, 2.45) is 5.92 Å². The Hall–Kier alpha value is -0.850. The molecule has 0 radical (unpaired) electrons. The van der Waals surface area contributed by atoms with E-state index >= 15 is 0 Å². The lowest BCUT2D eigenvalue weighted by Crippen LogP contribution is -2.31. The van der Waals surface area contributed by atoms with Crippen molar-refractivity contribution in [3.05, 3.63) is 17.1 Å². The lowest BCUT2D eigenvalue weighted by atomic mass is 10.2. The third kappa shape index (κ3) is 3.62. The number of sulfonamides is 1. The normalized spacial score (nSPS) is 12.6. The van der Waals surface area contributed by atoms with Crippen LogP contribution in [0.15, 0.2) is 9.31 Å². The standard InChI is InChI=1S/C14H26N2O3S/c1-7-15-8-13-11(4)19-12(5)14(13)20(17,18)16(6)9-10(2)3/h10,15H,7-9H2,1-6H3. The molecule has 0 spiro atoms. The van der Waals surface area contributed by atoms with E-state index in [1.54, 1.807) is 20.9 Å². The lowest BCUT2D eigenvalue weighted by Gasteiger charge is -2.19. The van der Waals surface area contributed by atoms with Crippen molar-refractivity contribution in [1.29, 1.82) is 0 Å². The van der Waals surface area contributed by atoms with Crippen LogP contribution in [0.5, 0.6) is 0 Å². The summed E-state index contributed by atoms with van der Waals surface area (Å²) in [5, 5.41) is 3.17. The highest BCUT2D eigenvalue weighted by Crippen LogP contribution is 2.29. The maximum atomic E-state index is 12.7. The van der Waals surface area contributed by atoms with Crippen LogP contribution in [-0.2, 0) is 16.6 Å². The molecule has 0 bridgehead atoms. The van der Waals surface area contributed by atoms with Gasteiger partial charge in [-0.1, -0.05) is 20.8 Å². The molecular weight excluding hydrogens is 276 g/mol. The van der Waals surface area contributed by atoms with E-state index in [4.69, 9.17) is 4.42 Å². The molecule has 20 heavy (non-hydrogen) atoms. The summed E-state index contributed by atoms with van der Waals surface area (Å²) in [5.41, 5.74) is 0.736. The van der Waals surface area contributed by atoms with E-state index in [-0.39, 0.29) is 5.92 Å². The molecule has 1 rings (SSSR count). The third-order valence-corrected chi connectivity index (χ3v) is 5.19. The van der Waals surface area contributed by atoms with E-state index in [2.05, 4.69) is 5.32 Å². The average molecular weight is 302 g/mol. The van der Waals surface area contributed by atoms with Gasteiger partial charge in [0.2, 0.25) is 10.0 Å². The van der Waals surface area contributed by atoms with Crippen LogP contribution in [0.2, 0.25) is 0 Å². The molecule has 0 amide bonds. The minimum atomic E-state index is -3.51. The Morgan fingerprint density at radius 2 is 1.85 bits per heavy atom. The lowest BCUT2D eigenvalue weighted by molar-refractivity contribution is 0.414. The van der Waals surface area contributed by atoms with Gasteiger partial charge in [-0.25, -0.2) is 12.7 Å². The molecule has 0 unspecified atom stereocenters. The number of hydrogen-bond donors (Lipinski definition) is 1. The molecule has 0 aromatic carbocycles. The Morgan fingerprint density at radius 1 is 1.25 bits per heavy atom. The van der Waals surface area contributed by atoms with Crippen LogP contribution in [0.25, 0.3) is 0 Å². The molecule has 0 fully saturated rings. The zero-order valence-corrected chi connectivity index (χ0v) is 14.1. The highest BCUT2D eigenvalue weighted by atomic mass is 32.2. The first-order valence-corrected chi connectivity index (χ1v) is 8.41. The molecule has 5 nitrogen and oxygen atoms in total. The van der Waals surface area contributed by atoms with E-state index in [0.717, 1.165) is 12.1 Å². The maximum Gasteiger partial charge on any atom is 0.246 e. The Morgan fingerprint density at radius 3 is 2.35 bits per heavy atom. The van der Waals surface area contributed by atoms with E-state index in [1.165, 1.54) is 4.31 Å². The molecule has 0 atom stereocenters. The largest absolute Gasteiger partial charge is 0.465 e. The average Bonchev–Trinajstić information content (AvgIpc) is 2.60. The van der Waals surface area contributed by atoms with Crippen LogP contribution < -0.4 is 5.32 Å². The fourth-order valence-electron chi connectivity index (χ4n) is 2.27. The first kappa shape index (κ1) is 17.2. The fraction of sp³-hybridized carbons (Fsp3) is 0.714. The number of rotatable bonds is 7. The van der Waals surface area contributed by atoms with E-state index in [1.807, 2.05) is 20.8 Å². The van der Waals surface area contributed by atoms with Crippen molar-refractivity contribution in [1.82, 2.24) is 9.62 Å². The summed E-state index contributed by atoms with van der Waals surface area (Å²) in [6.45, 7) is 11.3. The van der Waals surface area contributed by atoms with E-state index in [0.29, 0.717) is 29.5 Å². The minimum Gasteiger partial charge on any atom is -0.465 e. The molecular formula is C14H26N2O3S. The van der Waals surface area contributed by atoms with Crippen molar-refractivity contribution in [2.75, 3.05) is 20.1 Å². The number of aryl methyl sites for hydroxylation is 2. The molecule has 116 valence electrons. The SMILES string of the molecule is CCNCc1c(C)oc(C)c1S(=O)(=O)N(C)CC(C)C. The Labute approximate surface area is 122 Å². The summed E-state index contributed by atoms with van der Waals surface area (Å²) in [5.74, 6) is 1.41. The molecule has 1 aromatic heterocycles. The zero-order valence-electron chi connectivity index (χ0n) is 13.3. The second kappa shape index (κ2) is 6.74. The number of hydrogen-bond acceptors (Lipinski definition) is 4. The maximum absolute atomic E-state index is 12.7. The Kier molecular flexibility index (Phi) is 5.79. The zero-order chi connectivity index (χ0) is 15.5. The molecule has 1 N–H and O–H groups in total. The first-order valence-electron chi connectivity index (χ1n) is 6.97. The summed E-state index contributed by atoms with van der Waals surface area (Å²) >= 11 is 0. The van der Waals surface area contributed by atoms with Gasteiger partial charge in [0.25, 0.3) is 0 Å². The summed E-state index contributed by atoms with van der Waals surface area (Å²) in [7, 11) is -1.89. The molecule has 0 aliphatic carbocycles. The second-order valence-corrected chi connectivity index (χ2v) is 7.46. The van der Waals surface area contributed by atoms with Crippen molar-refractivity contribution in [3.8, 4) is 0 Å². The smallest absolute Gasteiger partial charge is 0.246 e. The van der Waals surface area contributed by atoms with Gasteiger partial charge in [-0.05, 0) is 26.3 Å². The molecule has 1 heterocycles. The molecule has 0 aliphatic rings. The van der Waals surface area contributed by atoms with Crippen molar-refractivity contribution < 1.29 is 12.8 Å². The molecule has 0 saturated heterocycles. The summed E-state index contributed by atoms with van der Waals surface area (Å²) in [6, 6.07) is 0. The van der Waals surface area contributed by atoms with Gasteiger partial charge in [0.05, 0.1) is 0 Å². The topological polar surface area (TPSA) is 62.6 Å². The first-order chi connectivity index (χ1) is 9.21. The van der Waals surface area contributed by atoms with Gasteiger partial charge in [0.1, 0.15) is 16.4 Å². The summed E-state index contributed by atoms with van der Waals surface area (Å²) in [6.07, 6.45) is 0. The van der Waals surface area contributed by atoms with Gasteiger partial charge in [0, 0.05) is 25.7 Å². The van der Waals surface area contributed by atoms with E-state index in [9.17, 15) is 8.42 Å². The third-order valence-electron chi connectivity index (χ3n) is 3.17. The monoisotopic (exact) mass is 302 g/mol. The van der Waals surface area contributed by atoms with Gasteiger partial charge < -0.3 is 9.73 Å². The van der Waals surface area contributed by atoms with Crippen LogP contribution >= 0.6 is 0 Å². The van der Waals surface area contributed by atoms with Crippen LogP contribution in [0, 0.1) is 19.8 Å². The highest BCUT2D eigenvalue weighted by molar-refractivity contribution is 7.89. The van der Waals surface area contributed by atoms with Crippen molar-refractivity contribution in [2.45, 2.75) is 46.1 Å². The fourth-order valence-corrected chi connectivity index (χ4v) is 4.01. The molecule has 0 aliphatic heterocycles. The van der Waals surface area contributed by atoms with Gasteiger partial charge in [-0.3, -0.25) is 0 Å². The van der Waals surface area contributed by atoms with Gasteiger partial charge >= 0.3 is 0 Å². The Balaban J connectivity index is 3.23. The Bertz CT molecular complexity index is 547. The quantitative estimate of drug-likeness (QED) is 0.839. The van der Waals surface area contributed by atoms with Crippen molar-refractivity contribution in [3.63, 3.8) is 0 Å². The number of furan rings is 1. The van der Waals surface area contributed by atoms with Crippen LogP contribution in [0.1, 0.15) is 37.9 Å².